The monoisotopic (exact) mass is 265 g/mol. The third kappa shape index (κ3) is 3.94. The van der Waals surface area contributed by atoms with Crippen LogP contribution >= 0.6 is 0 Å². The number of hydrogen-bond acceptors (Lipinski definition) is 4. The number of nitrogens with zero attached hydrogens (tertiary/aromatic N) is 1. The number of carboxylic acids is 1. The highest BCUT2D eigenvalue weighted by Gasteiger charge is 2.37. The fraction of sp³-hybridized carbons (Fsp3) is 0.500. The first-order valence-electron chi connectivity index (χ1n) is 6.33. The first-order valence-corrected chi connectivity index (χ1v) is 6.33. The van der Waals surface area contributed by atoms with Crippen LogP contribution in [0, 0.1) is 6.92 Å². The van der Waals surface area contributed by atoms with E-state index in [1.54, 1.807) is 4.90 Å². The molecule has 1 aromatic rings. The average molecular weight is 265 g/mol. The van der Waals surface area contributed by atoms with Crippen molar-refractivity contribution in [2.75, 3.05) is 26.2 Å². The van der Waals surface area contributed by atoms with Crippen LogP contribution in [0.15, 0.2) is 24.3 Å². The minimum absolute atomic E-state index is 0.0349. The Morgan fingerprint density at radius 2 is 2.11 bits per heavy atom. The van der Waals surface area contributed by atoms with Crippen LogP contribution in [0.2, 0.25) is 0 Å². The van der Waals surface area contributed by atoms with Gasteiger partial charge in [-0.15, -0.1) is 0 Å². The minimum atomic E-state index is -0.958. The van der Waals surface area contributed by atoms with Crippen molar-refractivity contribution < 1.29 is 19.7 Å². The number of carboxylic acid groups (broad SMARTS) is 1. The van der Waals surface area contributed by atoms with E-state index in [2.05, 4.69) is 0 Å². The van der Waals surface area contributed by atoms with Crippen molar-refractivity contribution in [2.24, 2.45) is 0 Å². The molecule has 1 atom stereocenters. The fourth-order valence-corrected chi connectivity index (χ4v) is 2.24. The molecule has 1 aliphatic heterocycles. The first-order chi connectivity index (χ1) is 8.97. The SMILES string of the molecule is Cc1ccc(OCC2(O)CCN(CC(=O)O)C2)cc1. The summed E-state index contributed by atoms with van der Waals surface area (Å²) < 4.78 is 5.58. The summed E-state index contributed by atoms with van der Waals surface area (Å²) in [5.74, 6) is -0.153. The number of likely N-dealkylation sites (tertiary alicyclic amines) is 1. The Balaban J connectivity index is 1.85. The Labute approximate surface area is 112 Å². The molecule has 1 aliphatic rings. The summed E-state index contributed by atoms with van der Waals surface area (Å²) in [6, 6.07) is 7.63. The number of β-amino-alcohol motifs (C(OH)–C–C–N with tert-alkyl or cyclic N) is 1. The molecule has 1 saturated heterocycles. The predicted octanol–water partition coefficient (Wildman–Crippen LogP) is 0.895. The van der Waals surface area contributed by atoms with Crippen molar-refractivity contribution in [2.45, 2.75) is 18.9 Å². The molecule has 19 heavy (non-hydrogen) atoms. The third-order valence-corrected chi connectivity index (χ3v) is 3.30. The molecule has 1 aromatic carbocycles. The zero-order valence-corrected chi connectivity index (χ0v) is 11.0. The van der Waals surface area contributed by atoms with E-state index < -0.39 is 11.6 Å². The van der Waals surface area contributed by atoms with E-state index in [4.69, 9.17) is 9.84 Å². The third-order valence-electron chi connectivity index (χ3n) is 3.30. The maximum Gasteiger partial charge on any atom is 0.317 e. The number of benzene rings is 1. The van der Waals surface area contributed by atoms with Crippen LogP contribution in [-0.4, -0.2) is 52.9 Å². The molecule has 1 heterocycles. The van der Waals surface area contributed by atoms with E-state index in [0.29, 0.717) is 19.5 Å². The van der Waals surface area contributed by atoms with E-state index in [0.717, 1.165) is 11.3 Å². The highest BCUT2D eigenvalue weighted by atomic mass is 16.5. The van der Waals surface area contributed by atoms with Crippen molar-refractivity contribution in [1.29, 1.82) is 0 Å². The molecule has 0 bridgehead atoms. The predicted molar refractivity (Wildman–Crippen MR) is 70.3 cm³/mol. The second-order valence-corrected chi connectivity index (χ2v) is 5.18. The van der Waals surface area contributed by atoms with Gasteiger partial charge in [-0.05, 0) is 25.5 Å². The summed E-state index contributed by atoms with van der Waals surface area (Å²) in [6.45, 7) is 3.07. The van der Waals surface area contributed by atoms with Gasteiger partial charge in [-0.2, -0.15) is 0 Å². The lowest BCUT2D eigenvalue weighted by molar-refractivity contribution is -0.138. The molecule has 0 aliphatic carbocycles. The number of aliphatic carboxylic acids is 1. The number of rotatable bonds is 5. The molecule has 0 aromatic heterocycles. The second kappa shape index (κ2) is 5.59. The normalized spacial score (nSPS) is 23.5. The van der Waals surface area contributed by atoms with Gasteiger partial charge in [0.2, 0.25) is 0 Å². The number of carbonyl (C=O) groups is 1. The Morgan fingerprint density at radius 1 is 1.42 bits per heavy atom. The highest BCUT2D eigenvalue weighted by Crippen LogP contribution is 2.22. The maximum atomic E-state index is 10.6. The van der Waals surface area contributed by atoms with Gasteiger partial charge >= 0.3 is 5.97 Å². The molecule has 5 heteroatoms. The van der Waals surface area contributed by atoms with Crippen LogP contribution in [0.25, 0.3) is 0 Å². The molecular weight excluding hydrogens is 246 g/mol. The van der Waals surface area contributed by atoms with E-state index in [1.807, 2.05) is 31.2 Å². The quantitative estimate of drug-likeness (QED) is 0.827. The van der Waals surface area contributed by atoms with Crippen LogP contribution in [-0.2, 0) is 4.79 Å². The minimum Gasteiger partial charge on any atom is -0.491 e. The van der Waals surface area contributed by atoms with Crippen molar-refractivity contribution in [1.82, 2.24) is 4.90 Å². The van der Waals surface area contributed by atoms with Gasteiger partial charge in [-0.1, -0.05) is 17.7 Å². The summed E-state index contributed by atoms with van der Waals surface area (Å²) >= 11 is 0. The van der Waals surface area contributed by atoms with Crippen LogP contribution in [0.1, 0.15) is 12.0 Å². The van der Waals surface area contributed by atoms with Crippen molar-refractivity contribution in [3.63, 3.8) is 0 Å². The lowest BCUT2D eigenvalue weighted by Crippen LogP contribution is -2.40. The van der Waals surface area contributed by atoms with Crippen LogP contribution in [0.5, 0.6) is 5.75 Å². The zero-order chi connectivity index (χ0) is 13.9. The van der Waals surface area contributed by atoms with E-state index in [1.165, 1.54) is 0 Å². The van der Waals surface area contributed by atoms with E-state index in [9.17, 15) is 9.90 Å². The van der Waals surface area contributed by atoms with Gasteiger partial charge in [0, 0.05) is 13.1 Å². The molecule has 1 unspecified atom stereocenters. The average Bonchev–Trinajstić information content (AvgIpc) is 2.70. The van der Waals surface area contributed by atoms with Gasteiger partial charge in [0.15, 0.2) is 0 Å². The van der Waals surface area contributed by atoms with Gasteiger partial charge in [0.25, 0.3) is 0 Å². The standard InChI is InChI=1S/C14H19NO4/c1-11-2-4-12(5-3-11)19-10-14(18)6-7-15(9-14)8-13(16)17/h2-5,18H,6-10H2,1H3,(H,16,17). The fourth-order valence-electron chi connectivity index (χ4n) is 2.24. The maximum absolute atomic E-state index is 10.6. The first kappa shape index (κ1) is 13.8. The lowest BCUT2D eigenvalue weighted by Gasteiger charge is -2.23. The Kier molecular flexibility index (Phi) is 4.07. The summed E-state index contributed by atoms with van der Waals surface area (Å²) in [5.41, 5.74) is 0.194. The molecular formula is C14H19NO4. The number of aryl methyl sites for hydroxylation is 1. The Morgan fingerprint density at radius 3 is 2.74 bits per heavy atom. The number of ether oxygens (including phenoxy) is 1. The molecule has 0 spiro atoms. The molecule has 2 rings (SSSR count). The van der Waals surface area contributed by atoms with Gasteiger partial charge in [-0.3, -0.25) is 9.69 Å². The van der Waals surface area contributed by atoms with Gasteiger partial charge < -0.3 is 14.9 Å². The topological polar surface area (TPSA) is 70.0 Å². The van der Waals surface area contributed by atoms with Crippen molar-refractivity contribution in [3.05, 3.63) is 29.8 Å². The zero-order valence-electron chi connectivity index (χ0n) is 11.0. The summed E-state index contributed by atoms with van der Waals surface area (Å²) in [5, 5.41) is 19.1. The highest BCUT2D eigenvalue weighted by molar-refractivity contribution is 5.69. The molecule has 104 valence electrons. The van der Waals surface area contributed by atoms with E-state index in [-0.39, 0.29) is 13.2 Å². The van der Waals surface area contributed by atoms with Crippen LogP contribution < -0.4 is 4.74 Å². The number of hydrogen-bond donors (Lipinski definition) is 2. The summed E-state index contributed by atoms with van der Waals surface area (Å²) in [4.78, 5) is 12.3. The van der Waals surface area contributed by atoms with Gasteiger partial charge in [0.1, 0.15) is 18.0 Å². The van der Waals surface area contributed by atoms with Crippen LogP contribution in [0.4, 0.5) is 0 Å². The Hall–Kier alpha value is -1.59. The summed E-state index contributed by atoms with van der Waals surface area (Å²) in [7, 11) is 0. The largest absolute Gasteiger partial charge is 0.491 e. The van der Waals surface area contributed by atoms with Gasteiger partial charge in [0.05, 0.1) is 6.54 Å². The van der Waals surface area contributed by atoms with Crippen LogP contribution in [0.3, 0.4) is 0 Å². The smallest absolute Gasteiger partial charge is 0.317 e. The molecule has 0 radical (unpaired) electrons. The summed E-state index contributed by atoms with van der Waals surface area (Å²) in [6.07, 6.45) is 0.534. The van der Waals surface area contributed by atoms with Gasteiger partial charge in [-0.25, -0.2) is 0 Å². The van der Waals surface area contributed by atoms with Crippen molar-refractivity contribution >= 4 is 5.97 Å². The lowest BCUT2D eigenvalue weighted by atomic mass is 10.1. The second-order valence-electron chi connectivity index (χ2n) is 5.18. The molecule has 0 saturated carbocycles. The number of aliphatic hydroxyl groups is 1. The molecule has 5 nitrogen and oxygen atoms in total. The Bertz CT molecular complexity index is 445. The molecule has 1 fully saturated rings. The van der Waals surface area contributed by atoms with E-state index >= 15 is 0 Å². The molecule has 0 amide bonds. The van der Waals surface area contributed by atoms with Crippen molar-refractivity contribution in [3.8, 4) is 5.75 Å². The molecule has 2 N–H and O–H groups in total.